The Morgan fingerprint density at radius 3 is 2.50 bits per heavy atom. The topological polar surface area (TPSA) is 29.1 Å². The van der Waals surface area contributed by atoms with Crippen LogP contribution in [0.4, 0.5) is 5.69 Å². The third-order valence-corrected chi connectivity index (χ3v) is 3.79. The molecule has 0 saturated heterocycles. The molecule has 22 heavy (non-hydrogen) atoms. The van der Waals surface area contributed by atoms with Gasteiger partial charge >= 0.3 is 0 Å². The van der Waals surface area contributed by atoms with Gasteiger partial charge in [0, 0.05) is 28.0 Å². The van der Waals surface area contributed by atoms with Crippen molar-refractivity contribution in [3.8, 4) is 0 Å². The SMILES string of the molecule is CCc1cccc(C)c1N/C(C)=C/C(=O)c1ccc(Cl)cc1. The van der Waals surface area contributed by atoms with Crippen molar-refractivity contribution in [2.24, 2.45) is 0 Å². The Bertz CT molecular complexity index is 702. The van der Waals surface area contributed by atoms with Crippen molar-refractivity contribution in [3.05, 3.63) is 76.0 Å². The van der Waals surface area contributed by atoms with Crippen LogP contribution in [0.2, 0.25) is 5.02 Å². The molecule has 0 saturated carbocycles. The van der Waals surface area contributed by atoms with Gasteiger partial charge in [0.25, 0.3) is 0 Å². The first-order valence-electron chi connectivity index (χ1n) is 7.35. The van der Waals surface area contributed by atoms with E-state index in [1.807, 2.05) is 6.92 Å². The summed E-state index contributed by atoms with van der Waals surface area (Å²) in [5, 5.41) is 3.98. The van der Waals surface area contributed by atoms with E-state index in [1.165, 1.54) is 11.1 Å². The van der Waals surface area contributed by atoms with Gasteiger partial charge in [-0.25, -0.2) is 0 Å². The number of ketones is 1. The van der Waals surface area contributed by atoms with E-state index in [0.29, 0.717) is 10.6 Å². The van der Waals surface area contributed by atoms with Gasteiger partial charge in [-0.3, -0.25) is 4.79 Å². The Hall–Kier alpha value is -2.06. The van der Waals surface area contributed by atoms with E-state index in [4.69, 9.17) is 11.6 Å². The Morgan fingerprint density at radius 1 is 1.18 bits per heavy atom. The zero-order valence-electron chi connectivity index (χ0n) is 13.1. The number of allylic oxidation sites excluding steroid dienone is 2. The largest absolute Gasteiger partial charge is 0.359 e. The van der Waals surface area contributed by atoms with Crippen LogP contribution in [0, 0.1) is 6.92 Å². The molecule has 2 nitrogen and oxygen atoms in total. The lowest BCUT2D eigenvalue weighted by molar-refractivity contribution is 0.104. The molecule has 0 radical (unpaired) electrons. The Labute approximate surface area is 136 Å². The van der Waals surface area contributed by atoms with Crippen molar-refractivity contribution in [2.75, 3.05) is 5.32 Å². The van der Waals surface area contributed by atoms with Gasteiger partial charge in [0.1, 0.15) is 0 Å². The van der Waals surface area contributed by atoms with E-state index < -0.39 is 0 Å². The zero-order valence-corrected chi connectivity index (χ0v) is 13.9. The molecule has 0 atom stereocenters. The molecule has 2 aromatic carbocycles. The predicted molar refractivity (Wildman–Crippen MR) is 93.7 cm³/mol. The van der Waals surface area contributed by atoms with E-state index in [9.17, 15) is 4.79 Å². The average molecular weight is 314 g/mol. The molecule has 3 heteroatoms. The summed E-state index contributed by atoms with van der Waals surface area (Å²) in [6.45, 7) is 6.09. The summed E-state index contributed by atoms with van der Waals surface area (Å²) in [4.78, 5) is 12.2. The zero-order chi connectivity index (χ0) is 16.1. The van der Waals surface area contributed by atoms with Crippen molar-refractivity contribution < 1.29 is 4.79 Å². The first-order valence-corrected chi connectivity index (χ1v) is 7.72. The Morgan fingerprint density at radius 2 is 1.86 bits per heavy atom. The normalized spacial score (nSPS) is 11.4. The lowest BCUT2D eigenvalue weighted by Crippen LogP contribution is -2.04. The monoisotopic (exact) mass is 313 g/mol. The second-order valence-electron chi connectivity index (χ2n) is 5.29. The highest BCUT2D eigenvalue weighted by molar-refractivity contribution is 6.30. The molecule has 114 valence electrons. The molecule has 0 heterocycles. The molecule has 1 N–H and O–H groups in total. The lowest BCUT2D eigenvalue weighted by atomic mass is 10.1. The van der Waals surface area contributed by atoms with Crippen LogP contribution in [-0.2, 0) is 6.42 Å². The minimum atomic E-state index is -0.0340. The van der Waals surface area contributed by atoms with Gasteiger partial charge in [-0.1, -0.05) is 36.7 Å². The molecule has 0 aliphatic rings. The number of nitrogens with one attached hydrogen (secondary N) is 1. The summed E-state index contributed by atoms with van der Waals surface area (Å²) < 4.78 is 0. The summed E-state index contributed by atoms with van der Waals surface area (Å²) in [6.07, 6.45) is 2.57. The maximum absolute atomic E-state index is 12.2. The molecule has 0 fully saturated rings. The molecule has 0 aliphatic carbocycles. The minimum absolute atomic E-state index is 0.0340. The van der Waals surface area contributed by atoms with Crippen LogP contribution in [0.3, 0.4) is 0 Å². The highest BCUT2D eigenvalue weighted by Gasteiger charge is 2.06. The maximum atomic E-state index is 12.2. The number of para-hydroxylation sites is 1. The van der Waals surface area contributed by atoms with Gasteiger partial charge in [0.2, 0.25) is 0 Å². The summed E-state index contributed by atoms with van der Waals surface area (Å²) in [7, 11) is 0. The molecule has 0 aromatic heterocycles. The van der Waals surface area contributed by atoms with E-state index in [0.717, 1.165) is 17.8 Å². The first-order chi connectivity index (χ1) is 10.5. The number of hydrogen-bond donors (Lipinski definition) is 1. The van der Waals surface area contributed by atoms with E-state index in [2.05, 4.69) is 37.4 Å². The van der Waals surface area contributed by atoms with Crippen LogP contribution < -0.4 is 5.32 Å². The Kier molecular flexibility index (Phi) is 5.40. The van der Waals surface area contributed by atoms with Gasteiger partial charge in [-0.15, -0.1) is 0 Å². The second kappa shape index (κ2) is 7.28. The first kappa shape index (κ1) is 16.3. The molecule has 0 aliphatic heterocycles. The van der Waals surface area contributed by atoms with Crippen LogP contribution in [0.5, 0.6) is 0 Å². The molecule has 2 rings (SSSR count). The molecule has 0 amide bonds. The van der Waals surface area contributed by atoms with Crippen molar-refractivity contribution >= 4 is 23.1 Å². The van der Waals surface area contributed by atoms with Gasteiger partial charge in [0.15, 0.2) is 5.78 Å². The van der Waals surface area contributed by atoms with E-state index >= 15 is 0 Å². The van der Waals surface area contributed by atoms with E-state index in [1.54, 1.807) is 30.3 Å². The third kappa shape index (κ3) is 3.99. The van der Waals surface area contributed by atoms with Gasteiger partial charge in [-0.05, 0) is 55.7 Å². The quantitative estimate of drug-likeness (QED) is 0.590. The van der Waals surface area contributed by atoms with Crippen LogP contribution in [0.1, 0.15) is 35.3 Å². The number of anilines is 1. The lowest BCUT2D eigenvalue weighted by Gasteiger charge is -2.14. The fourth-order valence-corrected chi connectivity index (χ4v) is 2.46. The smallest absolute Gasteiger partial charge is 0.187 e. The predicted octanol–water partition coefficient (Wildman–Crippen LogP) is 5.41. The molecular formula is C19H20ClNO. The summed E-state index contributed by atoms with van der Waals surface area (Å²) in [5.41, 5.74) is 4.95. The van der Waals surface area contributed by atoms with Crippen molar-refractivity contribution in [1.82, 2.24) is 0 Å². The van der Waals surface area contributed by atoms with Crippen molar-refractivity contribution in [2.45, 2.75) is 27.2 Å². The number of hydrogen-bond acceptors (Lipinski definition) is 2. The third-order valence-electron chi connectivity index (χ3n) is 3.54. The Balaban J connectivity index is 2.20. The number of rotatable bonds is 5. The second-order valence-corrected chi connectivity index (χ2v) is 5.72. The number of aryl methyl sites for hydroxylation is 2. The minimum Gasteiger partial charge on any atom is -0.359 e. The van der Waals surface area contributed by atoms with Crippen molar-refractivity contribution in [1.29, 1.82) is 0 Å². The summed E-state index contributed by atoms with van der Waals surface area (Å²) in [5.74, 6) is -0.0340. The number of carbonyl (C=O) groups is 1. The van der Waals surface area contributed by atoms with Crippen LogP contribution >= 0.6 is 11.6 Å². The number of halogens is 1. The van der Waals surface area contributed by atoms with Crippen LogP contribution in [-0.4, -0.2) is 5.78 Å². The molecule has 0 spiro atoms. The van der Waals surface area contributed by atoms with Crippen LogP contribution in [0.25, 0.3) is 0 Å². The summed E-state index contributed by atoms with van der Waals surface area (Å²) in [6, 6.07) is 13.1. The standard InChI is InChI=1S/C19H20ClNO/c1-4-15-7-5-6-13(2)19(15)21-14(3)12-18(22)16-8-10-17(20)11-9-16/h5-12,21H,4H2,1-3H3/b14-12+. The fraction of sp³-hybridized carbons (Fsp3) is 0.211. The molecule has 2 aromatic rings. The van der Waals surface area contributed by atoms with Gasteiger partial charge in [-0.2, -0.15) is 0 Å². The molecule has 0 unspecified atom stereocenters. The number of benzene rings is 2. The van der Waals surface area contributed by atoms with Crippen molar-refractivity contribution in [3.63, 3.8) is 0 Å². The van der Waals surface area contributed by atoms with Gasteiger partial charge in [0.05, 0.1) is 0 Å². The van der Waals surface area contributed by atoms with Crippen LogP contribution in [0.15, 0.2) is 54.2 Å². The van der Waals surface area contributed by atoms with Gasteiger partial charge < -0.3 is 5.32 Å². The van der Waals surface area contributed by atoms with E-state index in [-0.39, 0.29) is 5.78 Å². The highest BCUT2D eigenvalue weighted by atomic mass is 35.5. The molecule has 0 bridgehead atoms. The molecular weight excluding hydrogens is 294 g/mol. The number of carbonyl (C=O) groups excluding carboxylic acids is 1. The highest BCUT2D eigenvalue weighted by Crippen LogP contribution is 2.22. The summed E-state index contributed by atoms with van der Waals surface area (Å²) >= 11 is 5.84. The maximum Gasteiger partial charge on any atom is 0.187 e. The fourth-order valence-electron chi connectivity index (χ4n) is 2.33. The average Bonchev–Trinajstić information content (AvgIpc) is 2.49.